The highest BCUT2D eigenvalue weighted by atomic mass is 35.5. The van der Waals surface area contributed by atoms with Gasteiger partial charge in [0.05, 0.1) is 30.6 Å². The number of hydrogen-bond acceptors (Lipinski definition) is 7. The van der Waals surface area contributed by atoms with Gasteiger partial charge in [-0.05, 0) is 24.3 Å². The Kier molecular flexibility index (Phi) is 4.63. The Labute approximate surface area is 159 Å². The maximum Gasteiger partial charge on any atom is 0.212 e. The Morgan fingerprint density at radius 3 is 2.85 bits per heavy atom. The summed E-state index contributed by atoms with van der Waals surface area (Å²) < 4.78 is 6.73. The van der Waals surface area contributed by atoms with Crippen molar-refractivity contribution in [1.82, 2.24) is 24.7 Å². The van der Waals surface area contributed by atoms with E-state index in [1.165, 1.54) is 6.33 Å². The fourth-order valence-corrected chi connectivity index (χ4v) is 2.67. The summed E-state index contributed by atoms with van der Waals surface area (Å²) in [6.07, 6.45) is 6.44. The van der Waals surface area contributed by atoms with E-state index in [0.717, 1.165) is 16.6 Å². The van der Waals surface area contributed by atoms with Gasteiger partial charge >= 0.3 is 0 Å². The molecule has 4 rings (SSSR count). The van der Waals surface area contributed by atoms with Crippen LogP contribution < -0.4 is 10.2 Å². The molecule has 0 aliphatic carbocycles. The minimum absolute atomic E-state index is 0.547. The summed E-state index contributed by atoms with van der Waals surface area (Å²) in [5.41, 5.74) is 5.21. The third kappa shape index (κ3) is 3.56. The van der Waals surface area contributed by atoms with Gasteiger partial charge in [-0.2, -0.15) is 10.2 Å². The molecular formula is C18H14ClN7O. The lowest BCUT2D eigenvalue weighted by atomic mass is 10.3. The maximum absolute atomic E-state index is 6.07. The number of methoxy groups -OCH3 is 1. The molecule has 8 nitrogen and oxygen atoms in total. The molecule has 1 N–H and O–H groups in total. The van der Waals surface area contributed by atoms with Gasteiger partial charge in [0.1, 0.15) is 6.33 Å². The summed E-state index contributed by atoms with van der Waals surface area (Å²) in [6.45, 7) is 0. The summed E-state index contributed by atoms with van der Waals surface area (Å²) in [5.74, 6) is 1.09. The number of nitrogens with zero attached hydrogens (tertiary/aromatic N) is 6. The first-order valence-electron chi connectivity index (χ1n) is 7.98. The van der Waals surface area contributed by atoms with Crippen molar-refractivity contribution in [2.45, 2.75) is 0 Å². The predicted octanol–water partition coefficient (Wildman–Crippen LogP) is 3.32. The molecule has 0 saturated carbocycles. The van der Waals surface area contributed by atoms with Crippen LogP contribution in [0.25, 0.3) is 16.7 Å². The molecule has 0 amide bonds. The van der Waals surface area contributed by atoms with E-state index in [1.807, 2.05) is 24.3 Å². The second-order valence-electron chi connectivity index (χ2n) is 5.50. The number of aromatic nitrogens is 5. The summed E-state index contributed by atoms with van der Waals surface area (Å²) >= 11 is 6.07. The molecule has 0 unspecified atom stereocenters. The van der Waals surface area contributed by atoms with Crippen molar-refractivity contribution in [3.8, 4) is 11.6 Å². The van der Waals surface area contributed by atoms with Gasteiger partial charge < -0.3 is 4.74 Å². The standard InChI is InChI=1S/C18H14ClN7O/c1-27-16-6-5-12(8-20-16)9-23-25-17-15-10-24-26(18(15)22-11-21-17)14-4-2-3-13(19)7-14/h2-11H,1H3,(H,21,22,25)/b23-9+. The first-order valence-corrected chi connectivity index (χ1v) is 8.36. The highest BCUT2D eigenvalue weighted by molar-refractivity contribution is 6.30. The second-order valence-corrected chi connectivity index (χ2v) is 5.94. The van der Waals surface area contributed by atoms with Crippen molar-refractivity contribution >= 4 is 34.7 Å². The molecule has 0 fully saturated rings. The fourth-order valence-electron chi connectivity index (χ4n) is 2.49. The molecule has 0 saturated heterocycles. The molecule has 3 heterocycles. The van der Waals surface area contributed by atoms with Crippen molar-refractivity contribution in [3.05, 3.63) is 65.7 Å². The highest BCUT2D eigenvalue weighted by Gasteiger charge is 2.11. The monoisotopic (exact) mass is 379 g/mol. The van der Waals surface area contributed by atoms with Gasteiger partial charge in [-0.15, -0.1) is 0 Å². The van der Waals surface area contributed by atoms with E-state index in [1.54, 1.807) is 42.5 Å². The van der Waals surface area contributed by atoms with Crippen LogP contribution in [0.3, 0.4) is 0 Å². The molecule has 4 aromatic rings. The number of rotatable bonds is 5. The van der Waals surface area contributed by atoms with Gasteiger partial charge in [0.25, 0.3) is 0 Å². The Morgan fingerprint density at radius 2 is 2.07 bits per heavy atom. The molecule has 0 aliphatic rings. The van der Waals surface area contributed by atoms with Gasteiger partial charge in [-0.25, -0.2) is 19.6 Å². The zero-order valence-electron chi connectivity index (χ0n) is 14.2. The molecular weight excluding hydrogens is 366 g/mol. The van der Waals surface area contributed by atoms with Gasteiger partial charge in [-0.3, -0.25) is 5.43 Å². The molecule has 27 heavy (non-hydrogen) atoms. The molecule has 3 aromatic heterocycles. The fraction of sp³-hybridized carbons (Fsp3) is 0.0556. The van der Waals surface area contributed by atoms with Gasteiger partial charge in [0.2, 0.25) is 5.88 Å². The molecule has 0 radical (unpaired) electrons. The number of pyridine rings is 1. The van der Waals surface area contributed by atoms with Gasteiger partial charge in [0.15, 0.2) is 11.5 Å². The lowest BCUT2D eigenvalue weighted by molar-refractivity contribution is 0.398. The topological polar surface area (TPSA) is 90.1 Å². The van der Waals surface area contributed by atoms with Crippen molar-refractivity contribution in [2.24, 2.45) is 5.10 Å². The number of fused-ring (bicyclic) bond motifs is 1. The van der Waals surface area contributed by atoms with Crippen LogP contribution in [0.15, 0.2) is 60.2 Å². The average Bonchev–Trinajstić information content (AvgIpc) is 3.13. The van der Waals surface area contributed by atoms with Crippen LogP contribution in [-0.2, 0) is 0 Å². The summed E-state index contributed by atoms with van der Waals surface area (Å²) in [5, 5.41) is 9.97. The van der Waals surface area contributed by atoms with Gasteiger partial charge in [-0.1, -0.05) is 17.7 Å². The molecule has 0 atom stereocenters. The number of ether oxygens (including phenoxy) is 1. The van der Waals surface area contributed by atoms with Crippen LogP contribution in [0.2, 0.25) is 5.02 Å². The predicted molar refractivity (Wildman–Crippen MR) is 104 cm³/mol. The second kappa shape index (κ2) is 7.38. The quantitative estimate of drug-likeness (QED) is 0.422. The van der Waals surface area contributed by atoms with E-state index in [9.17, 15) is 0 Å². The number of nitrogens with one attached hydrogen (secondary N) is 1. The Hall–Kier alpha value is -3.52. The third-order valence-electron chi connectivity index (χ3n) is 3.77. The van der Waals surface area contributed by atoms with E-state index in [0.29, 0.717) is 22.4 Å². The lowest BCUT2D eigenvalue weighted by Gasteiger charge is -2.04. The van der Waals surface area contributed by atoms with Crippen molar-refractivity contribution in [1.29, 1.82) is 0 Å². The third-order valence-corrected chi connectivity index (χ3v) is 4.01. The van der Waals surface area contributed by atoms with Crippen molar-refractivity contribution < 1.29 is 4.74 Å². The molecule has 0 aliphatic heterocycles. The number of halogens is 1. The van der Waals surface area contributed by atoms with Crippen LogP contribution in [-0.4, -0.2) is 38.1 Å². The minimum atomic E-state index is 0.547. The Balaban J connectivity index is 1.60. The number of hydrogen-bond donors (Lipinski definition) is 1. The summed E-state index contributed by atoms with van der Waals surface area (Å²) in [7, 11) is 1.57. The zero-order chi connectivity index (χ0) is 18.6. The zero-order valence-corrected chi connectivity index (χ0v) is 15.0. The summed E-state index contributed by atoms with van der Waals surface area (Å²) in [4.78, 5) is 12.7. The van der Waals surface area contributed by atoms with E-state index < -0.39 is 0 Å². The maximum atomic E-state index is 6.07. The first-order chi connectivity index (χ1) is 13.2. The van der Waals surface area contributed by atoms with Crippen LogP contribution in [0.1, 0.15) is 5.56 Å². The molecule has 134 valence electrons. The number of hydrazone groups is 1. The largest absolute Gasteiger partial charge is 0.481 e. The van der Waals surface area contributed by atoms with Crippen LogP contribution in [0.5, 0.6) is 5.88 Å². The smallest absolute Gasteiger partial charge is 0.212 e. The lowest BCUT2D eigenvalue weighted by Crippen LogP contribution is -1.99. The average molecular weight is 380 g/mol. The summed E-state index contributed by atoms with van der Waals surface area (Å²) in [6, 6.07) is 11.0. The molecule has 0 bridgehead atoms. The molecule has 1 aromatic carbocycles. The Bertz CT molecular complexity index is 1110. The number of anilines is 1. The van der Waals surface area contributed by atoms with Crippen molar-refractivity contribution in [2.75, 3.05) is 12.5 Å². The van der Waals surface area contributed by atoms with Crippen LogP contribution >= 0.6 is 11.6 Å². The normalized spacial score (nSPS) is 11.2. The highest BCUT2D eigenvalue weighted by Crippen LogP contribution is 2.23. The van der Waals surface area contributed by atoms with E-state index >= 15 is 0 Å². The van der Waals surface area contributed by atoms with Crippen molar-refractivity contribution in [3.63, 3.8) is 0 Å². The first kappa shape index (κ1) is 16.9. The van der Waals surface area contributed by atoms with Gasteiger partial charge in [0, 0.05) is 22.8 Å². The van der Waals surface area contributed by atoms with Crippen LogP contribution in [0, 0.1) is 0 Å². The van der Waals surface area contributed by atoms with E-state index in [2.05, 4.69) is 30.6 Å². The molecule has 9 heteroatoms. The Morgan fingerprint density at radius 1 is 1.15 bits per heavy atom. The van der Waals surface area contributed by atoms with E-state index in [-0.39, 0.29) is 0 Å². The number of benzene rings is 1. The van der Waals surface area contributed by atoms with E-state index in [4.69, 9.17) is 16.3 Å². The van der Waals surface area contributed by atoms with Crippen LogP contribution in [0.4, 0.5) is 5.82 Å². The minimum Gasteiger partial charge on any atom is -0.481 e. The molecule has 0 spiro atoms. The SMILES string of the molecule is COc1ccc(/C=N/Nc2ncnc3c2cnn3-c2cccc(Cl)c2)cn1.